The minimum absolute atomic E-state index is 1.07. The average molecular weight is 136 g/mol. The standard InChI is InChI=1S/C8H12N2/c1-3-4-5-8-6-9-10-7(8)2/h4-6H,3H2,1-2H3,(H,9,10)/b5-4+. The quantitative estimate of drug-likeness (QED) is 0.663. The van der Waals surface area contributed by atoms with Gasteiger partial charge in [0.05, 0.1) is 6.20 Å². The van der Waals surface area contributed by atoms with Crippen LogP contribution in [0.2, 0.25) is 0 Å². The van der Waals surface area contributed by atoms with Crippen LogP contribution in [0, 0.1) is 6.92 Å². The Morgan fingerprint density at radius 1 is 1.70 bits per heavy atom. The van der Waals surface area contributed by atoms with Gasteiger partial charge in [0, 0.05) is 11.3 Å². The normalized spacial score (nSPS) is 11.0. The van der Waals surface area contributed by atoms with Gasteiger partial charge in [-0.15, -0.1) is 0 Å². The van der Waals surface area contributed by atoms with Crippen LogP contribution in [0.5, 0.6) is 0 Å². The summed E-state index contributed by atoms with van der Waals surface area (Å²) in [5.41, 5.74) is 2.31. The molecule has 1 rings (SSSR count). The van der Waals surface area contributed by atoms with E-state index < -0.39 is 0 Å². The maximum atomic E-state index is 3.90. The lowest BCUT2D eigenvalue weighted by Crippen LogP contribution is -1.72. The number of aryl methyl sites for hydroxylation is 1. The van der Waals surface area contributed by atoms with Crippen LogP contribution in [0.15, 0.2) is 12.3 Å². The molecule has 0 fully saturated rings. The molecule has 0 amide bonds. The molecule has 10 heavy (non-hydrogen) atoms. The van der Waals surface area contributed by atoms with Crippen LogP contribution in [0.25, 0.3) is 6.08 Å². The molecule has 1 aromatic rings. The third kappa shape index (κ3) is 1.47. The molecular weight excluding hydrogens is 124 g/mol. The van der Waals surface area contributed by atoms with Gasteiger partial charge in [-0.3, -0.25) is 5.10 Å². The van der Waals surface area contributed by atoms with Crippen LogP contribution in [0.4, 0.5) is 0 Å². The molecule has 0 aromatic carbocycles. The zero-order chi connectivity index (χ0) is 7.40. The van der Waals surface area contributed by atoms with E-state index in [2.05, 4.69) is 29.3 Å². The number of hydrogen-bond donors (Lipinski definition) is 1. The molecule has 0 aliphatic heterocycles. The Labute approximate surface area is 61.0 Å². The van der Waals surface area contributed by atoms with Crippen LogP contribution in [0.3, 0.4) is 0 Å². The fraction of sp³-hybridized carbons (Fsp3) is 0.375. The van der Waals surface area contributed by atoms with Crippen molar-refractivity contribution >= 4 is 6.08 Å². The molecule has 1 aromatic heterocycles. The number of aromatic amines is 1. The zero-order valence-electron chi connectivity index (χ0n) is 6.39. The Hall–Kier alpha value is -1.05. The second-order valence-electron chi connectivity index (χ2n) is 2.26. The maximum absolute atomic E-state index is 3.90. The van der Waals surface area contributed by atoms with Gasteiger partial charge >= 0.3 is 0 Å². The number of nitrogens with zero attached hydrogens (tertiary/aromatic N) is 1. The minimum atomic E-state index is 1.07. The summed E-state index contributed by atoms with van der Waals surface area (Å²) in [6.45, 7) is 4.13. The van der Waals surface area contributed by atoms with Crippen molar-refractivity contribution in [3.05, 3.63) is 23.5 Å². The predicted molar refractivity (Wildman–Crippen MR) is 42.6 cm³/mol. The van der Waals surface area contributed by atoms with Crippen LogP contribution < -0.4 is 0 Å². The Balaban J connectivity index is 2.74. The van der Waals surface area contributed by atoms with Gasteiger partial charge in [-0.1, -0.05) is 19.1 Å². The van der Waals surface area contributed by atoms with Crippen LogP contribution in [0.1, 0.15) is 24.6 Å². The van der Waals surface area contributed by atoms with E-state index >= 15 is 0 Å². The average Bonchev–Trinajstić information content (AvgIpc) is 2.31. The number of H-pyrrole nitrogens is 1. The first kappa shape index (κ1) is 7.06. The van der Waals surface area contributed by atoms with Crippen molar-refractivity contribution in [3.63, 3.8) is 0 Å². The van der Waals surface area contributed by atoms with Crippen LogP contribution in [-0.2, 0) is 0 Å². The van der Waals surface area contributed by atoms with E-state index in [0.29, 0.717) is 0 Å². The molecule has 0 saturated carbocycles. The maximum Gasteiger partial charge on any atom is 0.0562 e. The van der Waals surface area contributed by atoms with Crippen molar-refractivity contribution in [3.8, 4) is 0 Å². The third-order valence-corrected chi connectivity index (χ3v) is 1.40. The van der Waals surface area contributed by atoms with Gasteiger partial charge in [0.15, 0.2) is 0 Å². The number of hydrogen-bond acceptors (Lipinski definition) is 1. The molecule has 0 radical (unpaired) electrons. The molecule has 0 atom stereocenters. The minimum Gasteiger partial charge on any atom is -0.282 e. The van der Waals surface area contributed by atoms with E-state index in [0.717, 1.165) is 12.1 Å². The van der Waals surface area contributed by atoms with E-state index in [4.69, 9.17) is 0 Å². The number of aromatic nitrogens is 2. The van der Waals surface area contributed by atoms with Crippen molar-refractivity contribution in [2.75, 3.05) is 0 Å². The largest absolute Gasteiger partial charge is 0.282 e. The Bertz CT molecular complexity index is 223. The van der Waals surface area contributed by atoms with Gasteiger partial charge in [0.1, 0.15) is 0 Å². The molecule has 0 saturated heterocycles. The first-order valence-corrected chi connectivity index (χ1v) is 3.51. The highest BCUT2D eigenvalue weighted by Gasteiger charge is 1.91. The molecule has 1 N–H and O–H groups in total. The summed E-state index contributed by atoms with van der Waals surface area (Å²) in [6, 6.07) is 0. The van der Waals surface area contributed by atoms with Gasteiger partial charge in [-0.25, -0.2) is 0 Å². The van der Waals surface area contributed by atoms with Crippen molar-refractivity contribution in [1.29, 1.82) is 0 Å². The Morgan fingerprint density at radius 3 is 3.00 bits per heavy atom. The molecule has 2 heteroatoms. The van der Waals surface area contributed by atoms with E-state index in [1.807, 2.05) is 13.1 Å². The molecular formula is C8H12N2. The highest BCUT2D eigenvalue weighted by molar-refractivity contribution is 5.49. The van der Waals surface area contributed by atoms with E-state index in [1.165, 1.54) is 5.56 Å². The lowest BCUT2D eigenvalue weighted by Gasteiger charge is -1.85. The SMILES string of the molecule is CC/C=C/c1cn[nH]c1C. The summed E-state index contributed by atoms with van der Waals surface area (Å²) in [7, 11) is 0. The van der Waals surface area contributed by atoms with E-state index in [9.17, 15) is 0 Å². The monoisotopic (exact) mass is 136 g/mol. The first-order valence-electron chi connectivity index (χ1n) is 3.51. The summed E-state index contributed by atoms with van der Waals surface area (Å²) in [5, 5.41) is 6.77. The van der Waals surface area contributed by atoms with Crippen molar-refractivity contribution in [2.24, 2.45) is 0 Å². The summed E-state index contributed by atoms with van der Waals surface area (Å²) in [5.74, 6) is 0. The summed E-state index contributed by atoms with van der Waals surface area (Å²) in [4.78, 5) is 0. The second kappa shape index (κ2) is 3.20. The summed E-state index contributed by atoms with van der Waals surface area (Å²) in [6.07, 6.45) is 7.11. The Kier molecular flexibility index (Phi) is 2.26. The topological polar surface area (TPSA) is 28.7 Å². The van der Waals surface area contributed by atoms with Crippen molar-refractivity contribution in [2.45, 2.75) is 20.3 Å². The number of allylic oxidation sites excluding steroid dienone is 1. The summed E-state index contributed by atoms with van der Waals surface area (Å²) >= 11 is 0. The Morgan fingerprint density at radius 2 is 2.50 bits per heavy atom. The molecule has 0 bridgehead atoms. The molecule has 0 aliphatic carbocycles. The molecule has 1 heterocycles. The molecule has 54 valence electrons. The first-order chi connectivity index (χ1) is 4.84. The van der Waals surface area contributed by atoms with Crippen molar-refractivity contribution in [1.82, 2.24) is 10.2 Å². The van der Waals surface area contributed by atoms with Gasteiger partial charge < -0.3 is 0 Å². The van der Waals surface area contributed by atoms with Crippen molar-refractivity contribution < 1.29 is 0 Å². The highest BCUT2D eigenvalue weighted by atomic mass is 15.1. The van der Waals surface area contributed by atoms with Gasteiger partial charge in [0.25, 0.3) is 0 Å². The van der Waals surface area contributed by atoms with E-state index in [1.54, 1.807) is 0 Å². The predicted octanol–water partition coefficient (Wildman–Crippen LogP) is 2.14. The van der Waals surface area contributed by atoms with Gasteiger partial charge in [-0.05, 0) is 13.3 Å². The van der Waals surface area contributed by atoms with Crippen LogP contribution in [-0.4, -0.2) is 10.2 Å². The lowest BCUT2D eigenvalue weighted by molar-refractivity contribution is 1.05. The molecule has 0 unspecified atom stereocenters. The zero-order valence-corrected chi connectivity index (χ0v) is 6.39. The highest BCUT2D eigenvalue weighted by Crippen LogP contribution is 2.04. The summed E-state index contributed by atoms with van der Waals surface area (Å²) < 4.78 is 0. The third-order valence-electron chi connectivity index (χ3n) is 1.40. The fourth-order valence-corrected chi connectivity index (χ4v) is 0.773. The smallest absolute Gasteiger partial charge is 0.0562 e. The fourth-order valence-electron chi connectivity index (χ4n) is 0.773. The van der Waals surface area contributed by atoms with E-state index in [-0.39, 0.29) is 0 Å². The van der Waals surface area contributed by atoms with Gasteiger partial charge in [0.2, 0.25) is 0 Å². The molecule has 0 aliphatic rings. The number of nitrogens with one attached hydrogen (secondary N) is 1. The van der Waals surface area contributed by atoms with Gasteiger partial charge in [-0.2, -0.15) is 5.10 Å². The molecule has 0 spiro atoms. The molecule has 2 nitrogen and oxygen atoms in total. The second-order valence-corrected chi connectivity index (χ2v) is 2.26. The number of rotatable bonds is 2. The van der Waals surface area contributed by atoms with Crippen LogP contribution >= 0.6 is 0 Å². The lowest BCUT2D eigenvalue weighted by atomic mass is 10.2.